The quantitative estimate of drug-likeness (QED) is 0.786. The smallest absolute Gasteiger partial charge is 0.124 e. The van der Waals surface area contributed by atoms with E-state index < -0.39 is 0 Å². The van der Waals surface area contributed by atoms with Crippen molar-refractivity contribution in [2.75, 3.05) is 32.8 Å². The van der Waals surface area contributed by atoms with E-state index in [1.807, 2.05) is 6.07 Å². The lowest BCUT2D eigenvalue weighted by Gasteiger charge is -2.16. The average molecular weight is 288 g/mol. The highest BCUT2D eigenvalue weighted by atomic mass is 16.5. The SMILES string of the molecule is NCCOCCn1c(CN2CCCC2)nc2ccccc21. The van der Waals surface area contributed by atoms with Gasteiger partial charge in [0.05, 0.1) is 30.8 Å². The van der Waals surface area contributed by atoms with Crippen molar-refractivity contribution in [3.8, 4) is 0 Å². The lowest BCUT2D eigenvalue weighted by molar-refractivity contribution is 0.133. The van der Waals surface area contributed by atoms with Gasteiger partial charge < -0.3 is 15.0 Å². The Hall–Kier alpha value is -1.43. The van der Waals surface area contributed by atoms with Crippen LogP contribution in [0.1, 0.15) is 18.7 Å². The van der Waals surface area contributed by atoms with Crippen molar-refractivity contribution in [2.45, 2.75) is 25.9 Å². The number of ether oxygens (including phenoxy) is 1. The largest absolute Gasteiger partial charge is 0.378 e. The van der Waals surface area contributed by atoms with Gasteiger partial charge in [-0.3, -0.25) is 4.90 Å². The zero-order valence-electron chi connectivity index (χ0n) is 12.5. The minimum absolute atomic E-state index is 0.575. The van der Waals surface area contributed by atoms with Crippen LogP contribution in [0.3, 0.4) is 0 Å². The van der Waals surface area contributed by atoms with Gasteiger partial charge in [0.2, 0.25) is 0 Å². The number of hydrogen-bond donors (Lipinski definition) is 1. The second kappa shape index (κ2) is 7.02. The molecule has 3 rings (SSSR count). The summed E-state index contributed by atoms with van der Waals surface area (Å²) < 4.78 is 7.84. The van der Waals surface area contributed by atoms with E-state index in [1.54, 1.807) is 0 Å². The maximum Gasteiger partial charge on any atom is 0.124 e. The molecule has 1 aliphatic rings. The van der Waals surface area contributed by atoms with E-state index in [0.717, 1.165) is 24.4 Å². The van der Waals surface area contributed by atoms with E-state index in [2.05, 4.69) is 27.7 Å². The molecule has 0 radical (unpaired) electrons. The maximum absolute atomic E-state index is 5.54. The van der Waals surface area contributed by atoms with Gasteiger partial charge in [0.15, 0.2) is 0 Å². The number of rotatable bonds is 7. The van der Waals surface area contributed by atoms with Crippen LogP contribution < -0.4 is 5.73 Å². The molecule has 5 heteroatoms. The highest BCUT2D eigenvalue weighted by Gasteiger charge is 2.16. The van der Waals surface area contributed by atoms with Crippen molar-refractivity contribution in [2.24, 2.45) is 5.73 Å². The first-order valence-electron chi connectivity index (χ1n) is 7.83. The number of para-hydroxylation sites is 2. The zero-order chi connectivity index (χ0) is 14.5. The van der Waals surface area contributed by atoms with Gasteiger partial charge in [0, 0.05) is 13.1 Å². The summed E-state index contributed by atoms with van der Waals surface area (Å²) >= 11 is 0. The monoisotopic (exact) mass is 288 g/mol. The summed E-state index contributed by atoms with van der Waals surface area (Å²) in [5, 5.41) is 0. The molecule has 1 fully saturated rings. The van der Waals surface area contributed by atoms with Crippen LogP contribution >= 0.6 is 0 Å². The number of benzene rings is 1. The molecule has 2 aromatic rings. The van der Waals surface area contributed by atoms with Crippen molar-refractivity contribution in [3.05, 3.63) is 30.1 Å². The number of nitrogens with two attached hydrogens (primary N) is 1. The number of aromatic nitrogens is 2. The van der Waals surface area contributed by atoms with Crippen LogP contribution in [0, 0.1) is 0 Å². The van der Waals surface area contributed by atoms with Crippen LogP contribution in [-0.4, -0.2) is 47.3 Å². The third kappa shape index (κ3) is 3.43. The molecule has 0 saturated carbocycles. The summed E-state index contributed by atoms with van der Waals surface area (Å²) in [4.78, 5) is 7.30. The van der Waals surface area contributed by atoms with E-state index in [4.69, 9.17) is 15.5 Å². The van der Waals surface area contributed by atoms with Crippen LogP contribution in [0.4, 0.5) is 0 Å². The van der Waals surface area contributed by atoms with Gasteiger partial charge in [0.25, 0.3) is 0 Å². The summed E-state index contributed by atoms with van der Waals surface area (Å²) in [6, 6.07) is 8.34. The standard InChI is InChI=1S/C16H24N4O/c17-7-11-21-12-10-20-15-6-2-1-5-14(15)18-16(20)13-19-8-3-4-9-19/h1-2,5-6H,3-4,7-13,17H2. The Bertz CT molecular complexity index is 575. The Morgan fingerprint density at radius 1 is 1.14 bits per heavy atom. The Morgan fingerprint density at radius 2 is 1.95 bits per heavy atom. The average Bonchev–Trinajstić information content (AvgIpc) is 3.12. The van der Waals surface area contributed by atoms with Gasteiger partial charge in [-0.2, -0.15) is 0 Å². The number of likely N-dealkylation sites (tertiary alicyclic amines) is 1. The molecule has 0 atom stereocenters. The van der Waals surface area contributed by atoms with Crippen LogP contribution in [0.5, 0.6) is 0 Å². The predicted molar refractivity (Wildman–Crippen MR) is 84.1 cm³/mol. The number of fused-ring (bicyclic) bond motifs is 1. The fourth-order valence-electron chi connectivity index (χ4n) is 2.98. The zero-order valence-corrected chi connectivity index (χ0v) is 12.5. The second-order valence-electron chi connectivity index (χ2n) is 5.55. The molecule has 114 valence electrons. The van der Waals surface area contributed by atoms with Crippen molar-refractivity contribution in [1.29, 1.82) is 0 Å². The normalized spacial score (nSPS) is 16.0. The maximum atomic E-state index is 5.54. The first-order chi connectivity index (χ1) is 10.4. The fraction of sp³-hybridized carbons (Fsp3) is 0.562. The molecule has 2 N–H and O–H groups in total. The van der Waals surface area contributed by atoms with Gasteiger partial charge in [-0.25, -0.2) is 4.98 Å². The van der Waals surface area contributed by atoms with Crippen molar-refractivity contribution < 1.29 is 4.74 Å². The molecule has 21 heavy (non-hydrogen) atoms. The molecule has 2 heterocycles. The van der Waals surface area contributed by atoms with Gasteiger partial charge in [0.1, 0.15) is 5.82 Å². The minimum Gasteiger partial charge on any atom is -0.378 e. The Balaban J connectivity index is 1.79. The van der Waals surface area contributed by atoms with Crippen molar-refractivity contribution in [3.63, 3.8) is 0 Å². The second-order valence-corrected chi connectivity index (χ2v) is 5.55. The highest BCUT2D eigenvalue weighted by Crippen LogP contribution is 2.19. The van der Waals surface area contributed by atoms with Crippen LogP contribution in [0.15, 0.2) is 24.3 Å². The number of hydrogen-bond acceptors (Lipinski definition) is 4. The Kier molecular flexibility index (Phi) is 4.85. The molecule has 1 aliphatic heterocycles. The first-order valence-corrected chi connectivity index (χ1v) is 7.83. The van der Waals surface area contributed by atoms with Crippen molar-refractivity contribution >= 4 is 11.0 Å². The van der Waals surface area contributed by atoms with E-state index in [9.17, 15) is 0 Å². The van der Waals surface area contributed by atoms with Crippen molar-refractivity contribution in [1.82, 2.24) is 14.5 Å². The molecule has 1 aromatic carbocycles. The molecular weight excluding hydrogens is 264 g/mol. The van der Waals surface area contributed by atoms with Gasteiger partial charge in [-0.1, -0.05) is 12.1 Å². The number of nitrogens with zero attached hydrogens (tertiary/aromatic N) is 3. The summed E-state index contributed by atoms with van der Waals surface area (Å²) in [7, 11) is 0. The van der Waals surface area contributed by atoms with Crippen LogP contribution in [0.2, 0.25) is 0 Å². The van der Waals surface area contributed by atoms with E-state index in [-0.39, 0.29) is 0 Å². The molecule has 0 unspecified atom stereocenters. The first kappa shape index (κ1) is 14.5. The Labute approximate surface area is 125 Å². The number of imidazole rings is 1. The minimum atomic E-state index is 0.575. The lowest BCUT2D eigenvalue weighted by atomic mass is 10.3. The third-order valence-corrected chi connectivity index (χ3v) is 4.02. The molecule has 0 aliphatic carbocycles. The summed E-state index contributed by atoms with van der Waals surface area (Å²) in [5.41, 5.74) is 7.74. The molecule has 0 bridgehead atoms. The van der Waals surface area contributed by atoms with Gasteiger partial charge >= 0.3 is 0 Å². The molecule has 0 amide bonds. The van der Waals surface area contributed by atoms with Gasteiger partial charge in [-0.05, 0) is 38.1 Å². The van der Waals surface area contributed by atoms with Crippen LogP contribution in [0.25, 0.3) is 11.0 Å². The van der Waals surface area contributed by atoms with E-state index in [1.165, 1.54) is 31.4 Å². The fourth-order valence-corrected chi connectivity index (χ4v) is 2.98. The van der Waals surface area contributed by atoms with Crippen LogP contribution in [-0.2, 0) is 17.8 Å². The summed E-state index contributed by atoms with van der Waals surface area (Å²) in [6.07, 6.45) is 2.61. The Morgan fingerprint density at radius 3 is 2.76 bits per heavy atom. The third-order valence-electron chi connectivity index (χ3n) is 4.02. The molecule has 1 aromatic heterocycles. The van der Waals surface area contributed by atoms with E-state index >= 15 is 0 Å². The molecule has 5 nitrogen and oxygen atoms in total. The summed E-state index contributed by atoms with van der Waals surface area (Å²) in [5.74, 6) is 1.15. The van der Waals surface area contributed by atoms with Gasteiger partial charge in [-0.15, -0.1) is 0 Å². The van der Waals surface area contributed by atoms with E-state index in [0.29, 0.717) is 19.8 Å². The predicted octanol–water partition coefficient (Wildman–Crippen LogP) is 1.61. The summed E-state index contributed by atoms with van der Waals surface area (Å²) in [6.45, 7) is 6.03. The molecule has 1 saturated heterocycles. The lowest BCUT2D eigenvalue weighted by Crippen LogP contribution is -2.22. The topological polar surface area (TPSA) is 56.3 Å². The molecular formula is C16H24N4O. The molecule has 0 spiro atoms. The highest BCUT2D eigenvalue weighted by molar-refractivity contribution is 5.75.